The fraction of sp³-hybridized carbons (Fsp3) is 0.200. The van der Waals surface area contributed by atoms with Crippen LogP contribution in [0.15, 0.2) is 29.1 Å². The van der Waals surface area contributed by atoms with E-state index in [1.807, 2.05) is 25.1 Å². The van der Waals surface area contributed by atoms with Gasteiger partial charge in [-0.25, -0.2) is 4.98 Å². The Morgan fingerprint density at radius 3 is 3.00 bits per heavy atom. The molecule has 14 heavy (non-hydrogen) atoms. The number of H-pyrrole nitrogens is 1. The first-order chi connectivity index (χ1) is 6.81. The predicted molar refractivity (Wildman–Crippen MR) is 56.5 cm³/mol. The molecule has 2 N–H and O–H groups in total. The van der Waals surface area contributed by atoms with Crippen molar-refractivity contribution in [1.29, 1.82) is 0 Å². The third-order valence-electron chi connectivity index (χ3n) is 1.96. The van der Waals surface area contributed by atoms with Crippen molar-refractivity contribution in [3.05, 3.63) is 34.6 Å². The molecule has 2 aromatic rings. The summed E-state index contributed by atoms with van der Waals surface area (Å²) in [5.41, 5.74) is 0.610. The number of para-hydroxylation sites is 1. The molecule has 72 valence electrons. The Morgan fingerprint density at radius 1 is 1.43 bits per heavy atom. The first kappa shape index (κ1) is 8.74. The van der Waals surface area contributed by atoms with Crippen molar-refractivity contribution in [2.75, 3.05) is 11.9 Å². The summed E-state index contributed by atoms with van der Waals surface area (Å²) in [5, 5.41) is 3.59. The van der Waals surface area contributed by atoms with E-state index >= 15 is 0 Å². The minimum atomic E-state index is -0.105. The van der Waals surface area contributed by atoms with Crippen molar-refractivity contribution in [2.24, 2.45) is 0 Å². The Morgan fingerprint density at radius 2 is 2.21 bits per heavy atom. The number of fused-ring (bicyclic) bond motifs is 1. The van der Waals surface area contributed by atoms with Crippen LogP contribution >= 0.6 is 0 Å². The van der Waals surface area contributed by atoms with Crippen LogP contribution in [-0.2, 0) is 0 Å². The minimum Gasteiger partial charge on any atom is -0.356 e. The van der Waals surface area contributed by atoms with Gasteiger partial charge in [-0.1, -0.05) is 12.1 Å². The standard InChI is InChI=1S/C10H11N3O/c1-2-11-10-12-8-6-4-3-5-7(8)9(14)13-10/h3-6H,2H2,1H3,(H2,11,12,13,14). The number of hydrogen-bond acceptors (Lipinski definition) is 3. The zero-order chi connectivity index (χ0) is 9.97. The molecule has 0 spiro atoms. The normalized spacial score (nSPS) is 10.4. The molecule has 0 bridgehead atoms. The molecule has 4 heteroatoms. The molecule has 0 saturated heterocycles. The van der Waals surface area contributed by atoms with E-state index in [0.29, 0.717) is 16.9 Å². The Labute approximate surface area is 81.0 Å². The van der Waals surface area contributed by atoms with Gasteiger partial charge >= 0.3 is 0 Å². The molecule has 4 nitrogen and oxygen atoms in total. The summed E-state index contributed by atoms with van der Waals surface area (Å²) in [6, 6.07) is 7.28. The van der Waals surface area contributed by atoms with Crippen LogP contribution in [0.5, 0.6) is 0 Å². The van der Waals surface area contributed by atoms with Crippen molar-refractivity contribution in [2.45, 2.75) is 6.92 Å². The van der Waals surface area contributed by atoms with Gasteiger partial charge in [-0.05, 0) is 19.1 Å². The first-order valence-electron chi connectivity index (χ1n) is 4.54. The van der Waals surface area contributed by atoms with Crippen LogP contribution in [0.25, 0.3) is 10.9 Å². The average Bonchev–Trinajstić information content (AvgIpc) is 2.18. The molecule has 0 amide bonds. The lowest BCUT2D eigenvalue weighted by Gasteiger charge is -2.02. The molecule has 1 aromatic carbocycles. The molecule has 0 aliphatic rings. The van der Waals surface area contributed by atoms with Crippen LogP contribution in [0.3, 0.4) is 0 Å². The monoisotopic (exact) mass is 189 g/mol. The maximum atomic E-state index is 11.5. The summed E-state index contributed by atoms with van der Waals surface area (Å²) in [6.07, 6.45) is 0. The van der Waals surface area contributed by atoms with Gasteiger partial charge in [-0.2, -0.15) is 0 Å². The van der Waals surface area contributed by atoms with Crippen LogP contribution in [0.2, 0.25) is 0 Å². The largest absolute Gasteiger partial charge is 0.356 e. The van der Waals surface area contributed by atoms with Gasteiger partial charge in [0.2, 0.25) is 5.95 Å². The van der Waals surface area contributed by atoms with Gasteiger partial charge in [-0.15, -0.1) is 0 Å². The molecule has 0 aliphatic heterocycles. The zero-order valence-electron chi connectivity index (χ0n) is 7.87. The van der Waals surface area contributed by atoms with E-state index in [4.69, 9.17) is 0 Å². The molecule has 0 unspecified atom stereocenters. The molecule has 0 radical (unpaired) electrons. The first-order valence-corrected chi connectivity index (χ1v) is 4.54. The van der Waals surface area contributed by atoms with Crippen LogP contribution in [-0.4, -0.2) is 16.5 Å². The van der Waals surface area contributed by atoms with E-state index in [9.17, 15) is 4.79 Å². The van der Waals surface area contributed by atoms with Gasteiger partial charge in [0.25, 0.3) is 5.56 Å². The van der Waals surface area contributed by atoms with E-state index in [2.05, 4.69) is 15.3 Å². The van der Waals surface area contributed by atoms with E-state index in [-0.39, 0.29) is 5.56 Å². The molecule has 0 atom stereocenters. The van der Waals surface area contributed by atoms with Gasteiger partial charge in [0, 0.05) is 6.54 Å². The Bertz CT molecular complexity index is 504. The Hall–Kier alpha value is -1.84. The highest BCUT2D eigenvalue weighted by molar-refractivity contribution is 5.78. The van der Waals surface area contributed by atoms with Gasteiger partial charge in [-0.3, -0.25) is 9.78 Å². The maximum absolute atomic E-state index is 11.5. The van der Waals surface area contributed by atoms with Gasteiger partial charge in [0.1, 0.15) is 0 Å². The number of rotatable bonds is 2. The molecule has 0 aliphatic carbocycles. The van der Waals surface area contributed by atoms with Crippen LogP contribution in [0, 0.1) is 0 Å². The number of hydrogen-bond donors (Lipinski definition) is 2. The van der Waals surface area contributed by atoms with Crippen LogP contribution in [0.4, 0.5) is 5.95 Å². The van der Waals surface area contributed by atoms with Crippen LogP contribution < -0.4 is 10.9 Å². The fourth-order valence-electron chi connectivity index (χ4n) is 1.34. The summed E-state index contributed by atoms with van der Waals surface area (Å²) in [5.74, 6) is 0.524. The second-order valence-corrected chi connectivity index (χ2v) is 2.96. The highest BCUT2D eigenvalue weighted by atomic mass is 16.1. The molecule has 1 heterocycles. The van der Waals surface area contributed by atoms with Crippen molar-refractivity contribution in [1.82, 2.24) is 9.97 Å². The maximum Gasteiger partial charge on any atom is 0.260 e. The van der Waals surface area contributed by atoms with Gasteiger partial charge < -0.3 is 5.32 Å². The third-order valence-corrected chi connectivity index (χ3v) is 1.96. The summed E-state index contributed by atoms with van der Waals surface area (Å²) in [7, 11) is 0. The SMILES string of the molecule is CCNc1nc2ccccc2c(=O)[nH]1. The predicted octanol–water partition coefficient (Wildman–Crippen LogP) is 1.35. The second-order valence-electron chi connectivity index (χ2n) is 2.96. The van der Waals surface area contributed by atoms with Crippen molar-refractivity contribution < 1.29 is 0 Å². The highest BCUT2D eigenvalue weighted by Crippen LogP contribution is 2.07. The lowest BCUT2D eigenvalue weighted by atomic mass is 10.2. The summed E-state index contributed by atoms with van der Waals surface area (Å²) >= 11 is 0. The van der Waals surface area contributed by atoms with E-state index in [1.165, 1.54) is 0 Å². The number of aromatic nitrogens is 2. The molecule has 0 fully saturated rings. The summed E-state index contributed by atoms with van der Waals surface area (Å²) in [6.45, 7) is 2.69. The topological polar surface area (TPSA) is 57.8 Å². The average molecular weight is 189 g/mol. The van der Waals surface area contributed by atoms with Gasteiger partial charge in [0.15, 0.2) is 0 Å². The fourth-order valence-corrected chi connectivity index (χ4v) is 1.34. The number of anilines is 1. The minimum absolute atomic E-state index is 0.105. The number of nitrogens with zero attached hydrogens (tertiary/aromatic N) is 1. The van der Waals surface area contributed by atoms with Gasteiger partial charge in [0.05, 0.1) is 10.9 Å². The van der Waals surface area contributed by atoms with E-state index in [0.717, 1.165) is 6.54 Å². The summed E-state index contributed by atoms with van der Waals surface area (Å²) in [4.78, 5) is 18.5. The Kier molecular flexibility index (Phi) is 2.18. The second kappa shape index (κ2) is 3.49. The molecular formula is C10H11N3O. The third kappa shape index (κ3) is 1.46. The Balaban J connectivity index is 2.66. The highest BCUT2D eigenvalue weighted by Gasteiger charge is 2.00. The summed E-state index contributed by atoms with van der Waals surface area (Å²) < 4.78 is 0. The zero-order valence-corrected chi connectivity index (χ0v) is 7.87. The lowest BCUT2D eigenvalue weighted by molar-refractivity contribution is 1.09. The van der Waals surface area contributed by atoms with E-state index < -0.39 is 0 Å². The number of nitrogens with one attached hydrogen (secondary N) is 2. The van der Waals surface area contributed by atoms with Crippen molar-refractivity contribution in [3.8, 4) is 0 Å². The molecule has 1 aromatic heterocycles. The smallest absolute Gasteiger partial charge is 0.260 e. The molecule has 0 saturated carbocycles. The quantitative estimate of drug-likeness (QED) is 0.749. The van der Waals surface area contributed by atoms with Crippen molar-refractivity contribution >= 4 is 16.9 Å². The lowest BCUT2D eigenvalue weighted by Crippen LogP contribution is -2.12. The van der Waals surface area contributed by atoms with E-state index in [1.54, 1.807) is 6.07 Å². The number of benzene rings is 1. The van der Waals surface area contributed by atoms with Crippen LogP contribution in [0.1, 0.15) is 6.92 Å². The van der Waals surface area contributed by atoms with Crippen molar-refractivity contribution in [3.63, 3.8) is 0 Å². The molecular weight excluding hydrogens is 178 g/mol. The number of aromatic amines is 1. The molecule has 2 rings (SSSR count).